The fourth-order valence-corrected chi connectivity index (χ4v) is 11.5. The molecule has 0 spiro atoms. The molecule has 14 heavy (non-hydrogen) atoms. The Balaban J connectivity index is 4.32. The highest BCUT2D eigenvalue weighted by Crippen LogP contribution is 2.19. The standard InChI is InChI=1S/C9H26ClNSi3/c1-12(2)9(8-14(6,7)10)11-13(3,4)5/h9,11-12H,8H2,1-7H3. The monoisotopic (exact) mass is 267 g/mol. The average Bonchev–Trinajstić information content (AvgIpc) is 1.78. The lowest BCUT2D eigenvalue weighted by Crippen LogP contribution is -2.54. The van der Waals surface area contributed by atoms with Gasteiger partial charge in [-0.3, -0.25) is 0 Å². The second-order valence-corrected chi connectivity index (χ2v) is 21.2. The van der Waals surface area contributed by atoms with Crippen molar-refractivity contribution in [2.24, 2.45) is 0 Å². The van der Waals surface area contributed by atoms with E-state index in [0.29, 0.717) is 0 Å². The minimum atomic E-state index is -1.42. The SMILES string of the molecule is C[SiH](C)C(C[Si](C)(C)Cl)N[Si](C)(C)C. The van der Waals surface area contributed by atoms with E-state index < -0.39 is 24.4 Å². The Bertz CT molecular complexity index is 156. The van der Waals surface area contributed by atoms with Crippen LogP contribution in [0.2, 0.25) is 51.9 Å². The first-order chi connectivity index (χ1) is 6.01. The molecule has 5 heteroatoms. The number of rotatable bonds is 5. The molecule has 1 nitrogen and oxygen atoms in total. The highest BCUT2D eigenvalue weighted by molar-refractivity contribution is 7.19. The third kappa shape index (κ3) is 8.23. The smallest absolute Gasteiger partial charge is 0.151 e. The van der Waals surface area contributed by atoms with Crippen molar-refractivity contribution >= 4 is 35.5 Å². The fourth-order valence-electron chi connectivity index (χ4n) is 1.53. The topological polar surface area (TPSA) is 12.0 Å². The summed E-state index contributed by atoms with van der Waals surface area (Å²) >= 11 is 6.44. The van der Waals surface area contributed by atoms with Crippen LogP contribution < -0.4 is 4.98 Å². The third-order valence-corrected chi connectivity index (χ3v) is 8.06. The highest BCUT2D eigenvalue weighted by atomic mass is 35.6. The number of halogens is 1. The predicted octanol–water partition coefficient (Wildman–Crippen LogP) is 3.25. The minimum absolute atomic E-state index is 0.611. The number of hydrogen-bond donors (Lipinski definition) is 1. The van der Waals surface area contributed by atoms with Crippen molar-refractivity contribution in [1.82, 2.24) is 4.98 Å². The van der Waals surface area contributed by atoms with Gasteiger partial charge in [-0.15, -0.1) is 0 Å². The summed E-state index contributed by atoms with van der Waals surface area (Å²) in [6.07, 6.45) is 0. The van der Waals surface area contributed by atoms with Crippen molar-refractivity contribution in [3.63, 3.8) is 0 Å². The second kappa shape index (κ2) is 5.30. The van der Waals surface area contributed by atoms with E-state index in [0.717, 1.165) is 5.67 Å². The molecule has 1 N–H and O–H groups in total. The molecule has 1 unspecified atom stereocenters. The van der Waals surface area contributed by atoms with E-state index in [1.807, 2.05) is 0 Å². The van der Waals surface area contributed by atoms with Crippen LogP contribution in [0.1, 0.15) is 0 Å². The third-order valence-electron chi connectivity index (χ3n) is 2.13. The Labute approximate surface area is 98.0 Å². The Hall–Kier alpha value is 0.901. The summed E-state index contributed by atoms with van der Waals surface area (Å²) in [5.41, 5.74) is 0.751. The van der Waals surface area contributed by atoms with Crippen LogP contribution >= 0.6 is 11.1 Å². The van der Waals surface area contributed by atoms with Crippen molar-refractivity contribution in [2.45, 2.75) is 57.5 Å². The van der Waals surface area contributed by atoms with Gasteiger partial charge in [-0.1, -0.05) is 45.8 Å². The minimum Gasteiger partial charge on any atom is -0.338 e. The van der Waals surface area contributed by atoms with Gasteiger partial charge in [0.25, 0.3) is 0 Å². The summed E-state index contributed by atoms with van der Waals surface area (Å²) in [5, 5.41) is 0. The van der Waals surface area contributed by atoms with Gasteiger partial charge < -0.3 is 4.98 Å². The van der Waals surface area contributed by atoms with Crippen molar-refractivity contribution in [2.75, 3.05) is 0 Å². The summed E-state index contributed by atoms with van der Waals surface area (Å²) < 4.78 is 0. The van der Waals surface area contributed by atoms with E-state index in [9.17, 15) is 0 Å². The Kier molecular flexibility index (Phi) is 5.64. The summed E-state index contributed by atoms with van der Waals surface area (Å²) in [7, 11) is -3.16. The van der Waals surface area contributed by atoms with Gasteiger partial charge in [-0.25, -0.2) is 0 Å². The Morgan fingerprint density at radius 1 is 1.14 bits per heavy atom. The van der Waals surface area contributed by atoms with Crippen molar-refractivity contribution in [3.05, 3.63) is 0 Å². The lowest BCUT2D eigenvalue weighted by molar-refractivity contribution is 0.851. The normalized spacial score (nSPS) is 16.1. The molecular weight excluding hydrogens is 242 g/mol. The summed E-state index contributed by atoms with van der Waals surface area (Å²) in [5.74, 6) is 0. The molecule has 0 fully saturated rings. The van der Waals surface area contributed by atoms with Crippen LogP contribution in [0.25, 0.3) is 0 Å². The molecule has 86 valence electrons. The first-order valence-electron chi connectivity index (χ1n) is 5.48. The number of nitrogens with one attached hydrogen (secondary N) is 1. The molecule has 0 heterocycles. The van der Waals surface area contributed by atoms with E-state index in [-0.39, 0.29) is 0 Å². The van der Waals surface area contributed by atoms with Crippen LogP contribution in [0, 0.1) is 0 Å². The number of hydrogen-bond acceptors (Lipinski definition) is 1. The van der Waals surface area contributed by atoms with Gasteiger partial charge in [-0.2, -0.15) is 11.1 Å². The van der Waals surface area contributed by atoms with Crippen molar-refractivity contribution in [1.29, 1.82) is 0 Å². The molecular formula is C9H26ClNSi3. The summed E-state index contributed by atoms with van der Waals surface area (Å²) in [6.45, 7) is 16.5. The zero-order valence-electron chi connectivity index (χ0n) is 10.7. The maximum absolute atomic E-state index is 6.44. The van der Waals surface area contributed by atoms with Gasteiger partial charge in [0.15, 0.2) is 7.38 Å². The van der Waals surface area contributed by atoms with E-state index in [1.54, 1.807) is 0 Å². The Morgan fingerprint density at radius 2 is 1.57 bits per heavy atom. The predicted molar refractivity (Wildman–Crippen MR) is 77.3 cm³/mol. The van der Waals surface area contributed by atoms with Gasteiger partial charge in [-0.05, 0) is 11.7 Å². The van der Waals surface area contributed by atoms with E-state index >= 15 is 0 Å². The molecule has 0 aliphatic rings. The molecule has 0 aromatic rings. The zero-order valence-corrected chi connectivity index (χ0v) is 14.7. The lowest BCUT2D eigenvalue weighted by atomic mass is 10.8. The lowest BCUT2D eigenvalue weighted by Gasteiger charge is -2.32. The van der Waals surface area contributed by atoms with Gasteiger partial charge >= 0.3 is 0 Å². The summed E-state index contributed by atoms with van der Waals surface area (Å²) in [4.78, 5) is 3.86. The zero-order chi connectivity index (χ0) is 11.6. The maximum atomic E-state index is 6.44. The largest absolute Gasteiger partial charge is 0.338 e. The second-order valence-electron chi connectivity index (χ2n) is 6.17. The summed E-state index contributed by atoms with van der Waals surface area (Å²) in [6, 6.07) is 1.24. The van der Waals surface area contributed by atoms with E-state index in [1.165, 1.54) is 6.04 Å². The van der Waals surface area contributed by atoms with Crippen molar-refractivity contribution < 1.29 is 0 Å². The molecule has 0 aliphatic carbocycles. The fraction of sp³-hybridized carbons (Fsp3) is 1.00. The molecule has 0 saturated carbocycles. The Morgan fingerprint density at radius 3 is 1.79 bits per heavy atom. The van der Waals surface area contributed by atoms with E-state index in [2.05, 4.69) is 50.8 Å². The maximum Gasteiger partial charge on any atom is 0.151 e. The van der Waals surface area contributed by atoms with Gasteiger partial charge in [0.2, 0.25) is 0 Å². The molecule has 1 atom stereocenters. The van der Waals surface area contributed by atoms with Crippen molar-refractivity contribution in [3.8, 4) is 0 Å². The van der Waals surface area contributed by atoms with Crippen LogP contribution in [0.15, 0.2) is 0 Å². The molecule has 0 aromatic carbocycles. The van der Waals surface area contributed by atoms with Crippen LogP contribution in [-0.4, -0.2) is 30.1 Å². The molecule has 0 saturated heterocycles. The van der Waals surface area contributed by atoms with Crippen LogP contribution in [0.4, 0.5) is 0 Å². The molecule has 0 amide bonds. The van der Waals surface area contributed by atoms with Gasteiger partial charge in [0.05, 0.1) is 0 Å². The molecule has 0 bridgehead atoms. The average molecular weight is 268 g/mol. The van der Waals surface area contributed by atoms with Crippen LogP contribution in [0.3, 0.4) is 0 Å². The molecule has 0 radical (unpaired) electrons. The van der Waals surface area contributed by atoms with Crippen LogP contribution in [-0.2, 0) is 0 Å². The first kappa shape index (κ1) is 14.9. The first-order valence-corrected chi connectivity index (χ1v) is 16.2. The molecule has 0 rings (SSSR count). The highest BCUT2D eigenvalue weighted by Gasteiger charge is 2.28. The quantitative estimate of drug-likeness (QED) is 0.596. The van der Waals surface area contributed by atoms with E-state index in [4.69, 9.17) is 11.1 Å². The molecule has 0 aromatic heterocycles. The van der Waals surface area contributed by atoms with Crippen LogP contribution in [0.5, 0.6) is 0 Å². The molecule has 0 aliphatic heterocycles. The van der Waals surface area contributed by atoms with Gasteiger partial charge in [0.1, 0.15) is 8.24 Å². The van der Waals surface area contributed by atoms with Gasteiger partial charge in [0, 0.05) is 8.80 Å².